The Bertz CT molecular complexity index is 1300. The smallest absolute Gasteiger partial charge is 0.257 e. The van der Waals surface area contributed by atoms with Gasteiger partial charge >= 0.3 is 0 Å². The normalized spacial score (nSPS) is 10.6. The molecule has 0 unspecified atom stereocenters. The molecule has 4 rings (SSSR count). The Morgan fingerprint density at radius 3 is 2.00 bits per heavy atom. The van der Waals surface area contributed by atoms with Gasteiger partial charge in [-0.25, -0.2) is 0 Å². The van der Waals surface area contributed by atoms with Crippen molar-refractivity contribution in [3.8, 4) is 0 Å². The van der Waals surface area contributed by atoms with Crippen LogP contribution in [-0.4, -0.2) is 11.8 Å². The summed E-state index contributed by atoms with van der Waals surface area (Å²) < 4.78 is 0. The molecule has 0 heterocycles. The van der Waals surface area contributed by atoms with Gasteiger partial charge in [0.15, 0.2) is 0 Å². The average Bonchev–Trinajstić information content (AvgIpc) is 2.86. The van der Waals surface area contributed by atoms with E-state index in [-0.39, 0.29) is 11.8 Å². The highest BCUT2D eigenvalue weighted by Crippen LogP contribution is 2.21. The SMILES string of the molecule is O=C(/C=C/c1ccc(Cl)cc1)Nc1ccccc1C(=O)Nc1ccc(Nc2ccccc2)cc1. The molecular weight excluding hydrogens is 446 g/mol. The zero-order valence-electron chi connectivity index (χ0n) is 18.2. The number of amides is 2. The van der Waals surface area contributed by atoms with Gasteiger partial charge in [0.1, 0.15) is 0 Å². The van der Waals surface area contributed by atoms with Crippen LogP contribution in [-0.2, 0) is 4.79 Å². The molecule has 3 N–H and O–H groups in total. The molecule has 0 aliphatic heterocycles. The van der Waals surface area contributed by atoms with E-state index in [1.165, 1.54) is 6.08 Å². The Balaban J connectivity index is 1.40. The van der Waals surface area contributed by atoms with E-state index in [1.807, 2.05) is 66.7 Å². The van der Waals surface area contributed by atoms with E-state index in [0.717, 1.165) is 16.9 Å². The second-order valence-corrected chi connectivity index (χ2v) is 7.88. The van der Waals surface area contributed by atoms with E-state index in [9.17, 15) is 9.59 Å². The number of benzene rings is 4. The number of carbonyl (C=O) groups excluding carboxylic acids is 2. The number of para-hydroxylation sites is 2. The Morgan fingerprint density at radius 2 is 1.26 bits per heavy atom. The van der Waals surface area contributed by atoms with Crippen molar-refractivity contribution >= 4 is 52.2 Å². The lowest BCUT2D eigenvalue weighted by atomic mass is 10.1. The zero-order valence-corrected chi connectivity index (χ0v) is 18.9. The quantitative estimate of drug-likeness (QED) is 0.256. The van der Waals surface area contributed by atoms with Crippen LogP contribution in [0.5, 0.6) is 0 Å². The highest BCUT2D eigenvalue weighted by Gasteiger charge is 2.12. The maximum Gasteiger partial charge on any atom is 0.257 e. The minimum absolute atomic E-state index is 0.318. The number of nitrogens with one attached hydrogen (secondary N) is 3. The highest BCUT2D eigenvalue weighted by atomic mass is 35.5. The van der Waals surface area contributed by atoms with Gasteiger partial charge in [0.25, 0.3) is 5.91 Å². The Hall–Kier alpha value is -4.35. The van der Waals surface area contributed by atoms with Gasteiger partial charge in [-0.1, -0.05) is 54.1 Å². The van der Waals surface area contributed by atoms with Gasteiger partial charge in [0, 0.05) is 28.2 Å². The predicted octanol–water partition coefficient (Wildman–Crippen LogP) is 6.99. The van der Waals surface area contributed by atoms with Crippen LogP contribution in [0, 0.1) is 0 Å². The maximum absolute atomic E-state index is 12.9. The summed E-state index contributed by atoms with van der Waals surface area (Å²) in [7, 11) is 0. The zero-order chi connectivity index (χ0) is 23.8. The molecule has 0 aliphatic rings. The molecule has 0 saturated carbocycles. The fraction of sp³-hybridized carbons (Fsp3) is 0. The highest BCUT2D eigenvalue weighted by molar-refractivity contribution is 6.30. The van der Waals surface area contributed by atoms with Crippen molar-refractivity contribution in [3.05, 3.63) is 125 Å². The molecule has 0 atom stereocenters. The molecule has 5 nitrogen and oxygen atoms in total. The Morgan fingerprint density at radius 1 is 0.647 bits per heavy atom. The topological polar surface area (TPSA) is 70.2 Å². The largest absolute Gasteiger partial charge is 0.356 e. The second-order valence-electron chi connectivity index (χ2n) is 7.44. The first-order valence-corrected chi connectivity index (χ1v) is 11.0. The molecule has 0 fully saturated rings. The van der Waals surface area contributed by atoms with Crippen LogP contribution in [0.4, 0.5) is 22.7 Å². The summed E-state index contributed by atoms with van der Waals surface area (Å²) >= 11 is 5.88. The van der Waals surface area contributed by atoms with E-state index in [2.05, 4.69) is 16.0 Å². The lowest BCUT2D eigenvalue weighted by Gasteiger charge is -2.11. The van der Waals surface area contributed by atoms with Crippen LogP contribution in [0.1, 0.15) is 15.9 Å². The number of halogens is 1. The summed E-state index contributed by atoms with van der Waals surface area (Å²) in [6.45, 7) is 0. The molecule has 4 aromatic rings. The van der Waals surface area contributed by atoms with E-state index in [4.69, 9.17) is 11.6 Å². The summed E-state index contributed by atoms with van der Waals surface area (Å²) in [4.78, 5) is 25.3. The Kier molecular flexibility index (Phi) is 7.38. The number of carbonyl (C=O) groups is 2. The monoisotopic (exact) mass is 467 g/mol. The molecule has 0 saturated heterocycles. The third kappa shape index (κ3) is 6.34. The van der Waals surface area contributed by atoms with Gasteiger partial charge in [-0.15, -0.1) is 0 Å². The van der Waals surface area contributed by atoms with E-state index in [1.54, 1.807) is 42.5 Å². The van der Waals surface area contributed by atoms with Crippen molar-refractivity contribution in [2.24, 2.45) is 0 Å². The molecule has 4 aromatic carbocycles. The van der Waals surface area contributed by atoms with Crippen LogP contribution < -0.4 is 16.0 Å². The number of rotatable bonds is 7. The van der Waals surface area contributed by atoms with Crippen molar-refractivity contribution < 1.29 is 9.59 Å². The van der Waals surface area contributed by atoms with Crippen LogP contribution in [0.15, 0.2) is 109 Å². The molecule has 0 aromatic heterocycles. The predicted molar refractivity (Wildman–Crippen MR) is 140 cm³/mol. The minimum atomic E-state index is -0.341. The van der Waals surface area contributed by atoms with Gasteiger partial charge in [-0.05, 0) is 72.3 Å². The van der Waals surface area contributed by atoms with Crippen LogP contribution >= 0.6 is 11.6 Å². The fourth-order valence-corrected chi connectivity index (χ4v) is 3.36. The third-order valence-corrected chi connectivity index (χ3v) is 5.18. The molecule has 168 valence electrons. The van der Waals surface area contributed by atoms with E-state index < -0.39 is 0 Å². The van der Waals surface area contributed by atoms with Crippen molar-refractivity contribution in [3.63, 3.8) is 0 Å². The molecule has 2 amide bonds. The Labute approximate surface area is 203 Å². The van der Waals surface area contributed by atoms with Crippen molar-refractivity contribution in [2.45, 2.75) is 0 Å². The molecular formula is C28H22ClN3O2. The average molecular weight is 468 g/mol. The van der Waals surface area contributed by atoms with Crippen molar-refractivity contribution in [2.75, 3.05) is 16.0 Å². The molecule has 0 spiro atoms. The lowest BCUT2D eigenvalue weighted by Crippen LogP contribution is -2.17. The summed E-state index contributed by atoms with van der Waals surface area (Å²) in [5.74, 6) is -0.659. The number of hydrogen-bond acceptors (Lipinski definition) is 3. The van der Waals surface area contributed by atoms with Gasteiger partial charge < -0.3 is 16.0 Å². The van der Waals surface area contributed by atoms with E-state index >= 15 is 0 Å². The molecule has 34 heavy (non-hydrogen) atoms. The lowest BCUT2D eigenvalue weighted by molar-refractivity contribution is -0.111. The van der Waals surface area contributed by atoms with Gasteiger partial charge in [-0.2, -0.15) is 0 Å². The summed E-state index contributed by atoms with van der Waals surface area (Å²) in [6.07, 6.45) is 3.09. The second kappa shape index (κ2) is 11.0. The molecule has 0 bridgehead atoms. The summed E-state index contributed by atoms with van der Waals surface area (Å²) in [5, 5.41) is 9.58. The van der Waals surface area contributed by atoms with Crippen LogP contribution in [0.3, 0.4) is 0 Å². The fourth-order valence-electron chi connectivity index (χ4n) is 3.23. The molecule has 6 heteroatoms. The molecule has 0 radical (unpaired) electrons. The first kappa shape index (κ1) is 22.8. The third-order valence-electron chi connectivity index (χ3n) is 4.93. The first-order chi connectivity index (χ1) is 16.6. The van der Waals surface area contributed by atoms with Crippen LogP contribution in [0.25, 0.3) is 6.08 Å². The standard InChI is InChI=1S/C28H22ClN3O2/c29-21-13-10-20(11-14-21)12-19-27(33)32-26-9-5-4-8-25(26)28(34)31-24-17-15-23(16-18-24)30-22-6-2-1-3-7-22/h1-19,30H,(H,31,34)(H,32,33)/b19-12+. The number of hydrogen-bond donors (Lipinski definition) is 3. The number of anilines is 4. The maximum atomic E-state index is 12.9. The minimum Gasteiger partial charge on any atom is -0.356 e. The van der Waals surface area contributed by atoms with Gasteiger partial charge in [-0.3, -0.25) is 9.59 Å². The van der Waals surface area contributed by atoms with Gasteiger partial charge in [0.05, 0.1) is 11.3 Å². The first-order valence-electron chi connectivity index (χ1n) is 10.6. The van der Waals surface area contributed by atoms with Crippen molar-refractivity contribution in [1.82, 2.24) is 0 Å². The van der Waals surface area contributed by atoms with Crippen molar-refractivity contribution in [1.29, 1.82) is 0 Å². The van der Waals surface area contributed by atoms with Crippen LogP contribution in [0.2, 0.25) is 5.02 Å². The summed E-state index contributed by atoms with van der Waals surface area (Å²) in [6, 6.07) is 31.2. The summed E-state index contributed by atoms with van der Waals surface area (Å²) in [5.41, 5.74) is 4.16. The molecule has 0 aliphatic carbocycles. The van der Waals surface area contributed by atoms with E-state index in [0.29, 0.717) is 22.0 Å². The van der Waals surface area contributed by atoms with Gasteiger partial charge in [0.2, 0.25) is 5.91 Å².